The Labute approximate surface area is 175 Å². The molecule has 8 nitrogen and oxygen atoms in total. The van der Waals surface area contributed by atoms with Crippen LogP contribution in [0.25, 0.3) is 0 Å². The summed E-state index contributed by atoms with van der Waals surface area (Å²) in [4.78, 5) is 13.0. The largest absolute Gasteiger partial charge is 1.00 e. The van der Waals surface area contributed by atoms with Gasteiger partial charge in [0.05, 0.1) is 13.7 Å². The molecule has 1 aromatic rings. The summed E-state index contributed by atoms with van der Waals surface area (Å²) in [6, 6.07) is 6.56. The number of benzene rings is 1. The molecule has 0 aliphatic carbocycles. The molecule has 11 heteroatoms. The van der Waals surface area contributed by atoms with Gasteiger partial charge in [0.25, 0.3) is 0 Å². The third-order valence-corrected chi connectivity index (χ3v) is 5.24. The van der Waals surface area contributed by atoms with Gasteiger partial charge in [0, 0.05) is 9.78 Å². The Hall–Kier alpha value is -0.370. The first kappa shape index (κ1) is 21.7. The van der Waals surface area contributed by atoms with E-state index < -0.39 is 21.5 Å². The van der Waals surface area contributed by atoms with E-state index in [4.69, 9.17) is 9.47 Å². The zero-order valence-electron chi connectivity index (χ0n) is 13.1. The van der Waals surface area contributed by atoms with Gasteiger partial charge in [0.2, 0.25) is 0 Å². The number of nitrogens with zero attached hydrogens (tertiary/aromatic N) is 1. The van der Waals surface area contributed by atoms with Crippen molar-refractivity contribution in [2.45, 2.75) is 12.0 Å². The molecule has 1 aliphatic rings. The number of halogens is 1. The summed E-state index contributed by atoms with van der Waals surface area (Å²) in [6.45, 7) is 0.163. The van der Waals surface area contributed by atoms with Crippen LogP contribution >= 0.6 is 22.6 Å². The molecule has 1 unspecified atom stereocenters. The van der Waals surface area contributed by atoms with Gasteiger partial charge in [-0.3, -0.25) is 4.90 Å². The van der Waals surface area contributed by atoms with Gasteiger partial charge >= 0.3 is 35.6 Å². The topological polar surface area (TPSA) is 108 Å². The van der Waals surface area contributed by atoms with Gasteiger partial charge in [-0.05, 0) is 40.3 Å². The Morgan fingerprint density at radius 2 is 2.12 bits per heavy atom. The van der Waals surface area contributed by atoms with E-state index in [2.05, 4.69) is 5.32 Å². The minimum Gasteiger partial charge on any atom is -0.746 e. The fourth-order valence-electron chi connectivity index (χ4n) is 1.87. The number of ether oxygens (including phenoxy) is 2. The summed E-state index contributed by atoms with van der Waals surface area (Å²) < 4.78 is 43.8. The van der Waals surface area contributed by atoms with Crippen LogP contribution in [0, 0.1) is 0 Å². The second-order valence-corrected chi connectivity index (χ2v) is 7.34. The molecule has 2 amide bonds. The number of carbonyl (C=O) groups is 1. The number of carbonyl (C=O) groups excluding carboxylic acids is 1. The monoisotopic (exact) mass is 476 g/mol. The summed E-state index contributed by atoms with van der Waals surface area (Å²) in [5.74, 6) is 0.694. The maximum absolute atomic E-state index is 11.8. The molecule has 126 valence electrons. The molecule has 0 fully saturated rings. The fraction of sp³-hybridized carbons (Fsp3) is 0.308. The molecule has 0 radical (unpaired) electrons. The van der Waals surface area contributed by atoms with Gasteiger partial charge in [-0.1, -0.05) is 12.1 Å². The maximum Gasteiger partial charge on any atom is 1.00 e. The van der Waals surface area contributed by atoms with Gasteiger partial charge < -0.3 is 19.3 Å². The quantitative estimate of drug-likeness (QED) is 0.300. The van der Waals surface area contributed by atoms with Crippen molar-refractivity contribution in [1.82, 2.24) is 10.2 Å². The van der Waals surface area contributed by atoms with E-state index >= 15 is 0 Å². The van der Waals surface area contributed by atoms with Crippen LogP contribution in [0.15, 0.2) is 34.0 Å². The van der Waals surface area contributed by atoms with Crippen LogP contribution in [0.4, 0.5) is 4.79 Å². The fourth-order valence-corrected chi connectivity index (χ4v) is 3.88. The Morgan fingerprint density at radius 1 is 1.42 bits per heavy atom. The van der Waals surface area contributed by atoms with Crippen molar-refractivity contribution in [3.8, 4) is 5.75 Å². The number of urea groups is 1. The molecule has 0 saturated heterocycles. The van der Waals surface area contributed by atoms with E-state index in [0.29, 0.717) is 5.75 Å². The number of nitrogens with one attached hydrogen (secondary N) is 1. The van der Waals surface area contributed by atoms with Gasteiger partial charge in [-0.25, -0.2) is 13.2 Å². The normalized spacial score (nSPS) is 17.6. The van der Waals surface area contributed by atoms with Crippen LogP contribution in [0.2, 0.25) is 0 Å². The summed E-state index contributed by atoms with van der Waals surface area (Å²) in [5, 5.41) is 0.583. The van der Waals surface area contributed by atoms with Crippen LogP contribution in [-0.4, -0.2) is 43.1 Å². The number of hydrogen-bond donors (Lipinski definition) is 1. The van der Waals surface area contributed by atoms with E-state index in [-0.39, 0.29) is 46.5 Å². The van der Waals surface area contributed by atoms with Gasteiger partial charge in [0.1, 0.15) is 22.6 Å². The third kappa shape index (κ3) is 5.86. The third-order valence-electron chi connectivity index (χ3n) is 2.97. The maximum atomic E-state index is 11.8. The van der Waals surface area contributed by atoms with Crippen molar-refractivity contribution in [3.63, 3.8) is 0 Å². The first-order valence-electron chi connectivity index (χ1n) is 6.41. The molecule has 1 atom stereocenters. The van der Waals surface area contributed by atoms with E-state index in [1.807, 2.05) is 12.1 Å². The molecule has 1 aromatic carbocycles. The van der Waals surface area contributed by atoms with Gasteiger partial charge in [-0.15, -0.1) is 0 Å². The van der Waals surface area contributed by atoms with Crippen molar-refractivity contribution >= 4 is 38.7 Å². The van der Waals surface area contributed by atoms with Crippen molar-refractivity contribution in [3.05, 3.63) is 39.6 Å². The first-order valence-corrected chi connectivity index (χ1v) is 8.96. The summed E-state index contributed by atoms with van der Waals surface area (Å²) >= 11 is 1.70. The molecule has 24 heavy (non-hydrogen) atoms. The zero-order chi connectivity index (χ0) is 17.0. The minimum absolute atomic E-state index is 0. The molecular formula is C13H14IN2NaO6S. The Kier molecular flexibility index (Phi) is 8.45. The molecular weight excluding hydrogens is 462 g/mol. The number of amides is 2. The molecule has 2 rings (SSSR count). The second kappa shape index (κ2) is 9.36. The Balaban J connectivity index is 0.00000288. The van der Waals surface area contributed by atoms with Crippen LogP contribution < -0.4 is 39.6 Å². The molecule has 0 spiro atoms. The van der Waals surface area contributed by atoms with E-state index in [1.54, 1.807) is 41.8 Å². The van der Waals surface area contributed by atoms with Crippen LogP contribution in [0.1, 0.15) is 5.56 Å². The standard InChI is InChI=1S/C13H15IN2O6S.Na/c1-21-10-4-2-3-9(5-10)7-22-8-16-6-11(14)12(15-13(16)17)23(18,19)20;/h2-6,12H,7-8H2,1H3,(H,15,17)(H,18,19,20);/q;+1/p-1. The number of methoxy groups -OCH3 is 1. The minimum atomic E-state index is -4.64. The average molecular weight is 476 g/mol. The second-order valence-electron chi connectivity index (χ2n) is 4.64. The van der Waals surface area contributed by atoms with Crippen LogP contribution in [0.5, 0.6) is 5.75 Å². The Bertz CT molecular complexity index is 727. The summed E-state index contributed by atoms with van der Waals surface area (Å²) in [7, 11) is -3.08. The van der Waals surface area contributed by atoms with Gasteiger partial charge in [-0.2, -0.15) is 0 Å². The van der Waals surface area contributed by atoms with E-state index in [1.165, 1.54) is 6.20 Å². The van der Waals surface area contributed by atoms with Crippen molar-refractivity contribution < 1.29 is 56.8 Å². The summed E-state index contributed by atoms with van der Waals surface area (Å²) in [6.07, 6.45) is 1.28. The summed E-state index contributed by atoms with van der Waals surface area (Å²) in [5.41, 5.74) is 0.862. The van der Waals surface area contributed by atoms with Crippen molar-refractivity contribution in [2.24, 2.45) is 0 Å². The predicted molar refractivity (Wildman–Crippen MR) is 88.6 cm³/mol. The van der Waals surface area contributed by atoms with Gasteiger partial charge in [0.15, 0.2) is 5.37 Å². The Morgan fingerprint density at radius 3 is 2.75 bits per heavy atom. The SMILES string of the molecule is COc1cccc(COCN2C=C(I)C(S(=O)(=O)[O-])NC2=O)c1.[Na+]. The van der Waals surface area contributed by atoms with Crippen LogP contribution in [-0.2, 0) is 21.5 Å². The zero-order valence-corrected chi connectivity index (χ0v) is 18.0. The average Bonchev–Trinajstić information content (AvgIpc) is 2.49. The van der Waals surface area contributed by atoms with E-state index in [0.717, 1.165) is 10.5 Å². The molecule has 1 heterocycles. The number of rotatable bonds is 6. The predicted octanol–water partition coefficient (Wildman–Crippen LogP) is -1.65. The molecule has 0 aromatic heterocycles. The molecule has 1 N–H and O–H groups in total. The first-order chi connectivity index (χ1) is 10.8. The van der Waals surface area contributed by atoms with Crippen LogP contribution in [0.3, 0.4) is 0 Å². The van der Waals surface area contributed by atoms with E-state index in [9.17, 15) is 17.8 Å². The molecule has 0 bridgehead atoms. The molecule has 0 saturated carbocycles. The van der Waals surface area contributed by atoms with Crippen molar-refractivity contribution in [2.75, 3.05) is 13.8 Å². The smallest absolute Gasteiger partial charge is 0.746 e. The van der Waals surface area contributed by atoms with Crippen molar-refractivity contribution in [1.29, 1.82) is 0 Å². The number of hydrogen-bond acceptors (Lipinski definition) is 6. The molecule has 1 aliphatic heterocycles.